The zero-order valence-corrected chi connectivity index (χ0v) is 13.0. The van der Waals surface area contributed by atoms with Crippen LogP contribution in [0.2, 0.25) is 0 Å². The number of methoxy groups -OCH3 is 1. The molecule has 0 amide bonds. The van der Waals surface area contributed by atoms with Crippen LogP contribution in [0.4, 0.5) is 5.82 Å². The predicted octanol–water partition coefficient (Wildman–Crippen LogP) is 1.85. The summed E-state index contributed by atoms with van der Waals surface area (Å²) >= 11 is 0. The monoisotopic (exact) mass is 298 g/mol. The van der Waals surface area contributed by atoms with Gasteiger partial charge in [0.1, 0.15) is 11.6 Å². The van der Waals surface area contributed by atoms with Crippen molar-refractivity contribution in [1.29, 1.82) is 0 Å². The van der Waals surface area contributed by atoms with E-state index in [2.05, 4.69) is 31.9 Å². The summed E-state index contributed by atoms with van der Waals surface area (Å²) in [6, 6.07) is 8.08. The Morgan fingerprint density at radius 1 is 1.05 bits per heavy atom. The molecule has 0 spiro atoms. The molecule has 5 nitrogen and oxygen atoms in total. The van der Waals surface area contributed by atoms with Gasteiger partial charge in [-0.05, 0) is 30.2 Å². The smallest absolute Gasteiger partial charge is 0.132 e. The third-order valence-electron chi connectivity index (χ3n) is 4.12. The normalized spacial score (nSPS) is 15.8. The van der Waals surface area contributed by atoms with Gasteiger partial charge in [-0.25, -0.2) is 4.98 Å². The lowest BCUT2D eigenvalue weighted by atomic mass is 10.2. The molecule has 0 aliphatic carbocycles. The van der Waals surface area contributed by atoms with Crippen LogP contribution in [0.15, 0.2) is 42.9 Å². The first-order valence-corrected chi connectivity index (χ1v) is 7.71. The predicted molar refractivity (Wildman–Crippen MR) is 87.4 cm³/mol. The van der Waals surface area contributed by atoms with Crippen molar-refractivity contribution < 1.29 is 4.74 Å². The van der Waals surface area contributed by atoms with Gasteiger partial charge in [0.05, 0.1) is 7.11 Å². The van der Waals surface area contributed by atoms with Crippen molar-refractivity contribution in [2.45, 2.75) is 6.42 Å². The topological polar surface area (TPSA) is 41.5 Å². The van der Waals surface area contributed by atoms with Crippen LogP contribution in [0.25, 0.3) is 0 Å². The van der Waals surface area contributed by atoms with Gasteiger partial charge in [-0.15, -0.1) is 0 Å². The Bertz CT molecular complexity index is 582. The maximum absolute atomic E-state index is 5.27. The summed E-state index contributed by atoms with van der Waals surface area (Å²) < 4.78 is 5.27. The minimum Gasteiger partial charge on any atom is -0.497 e. The standard InChI is InChI=1S/C17H22N4O/c1-22-16-4-8-19-17(14-16)21-12-10-20(11-13-21)9-5-15-2-6-18-7-3-15/h2-4,6-8,14H,5,9-13H2,1H3. The van der Waals surface area contributed by atoms with Gasteiger partial charge in [-0.2, -0.15) is 0 Å². The van der Waals surface area contributed by atoms with Crippen molar-refractivity contribution in [2.75, 3.05) is 44.7 Å². The molecular formula is C17H22N4O. The minimum absolute atomic E-state index is 0.866. The highest BCUT2D eigenvalue weighted by Gasteiger charge is 2.18. The SMILES string of the molecule is COc1ccnc(N2CCN(CCc3ccncc3)CC2)c1. The van der Waals surface area contributed by atoms with Crippen LogP contribution in [0.1, 0.15) is 5.56 Å². The van der Waals surface area contributed by atoms with Crippen LogP contribution < -0.4 is 9.64 Å². The van der Waals surface area contributed by atoms with Crippen molar-refractivity contribution in [2.24, 2.45) is 0 Å². The molecule has 2 aromatic heterocycles. The van der Waals surface area contributed by atoms with Crippen molar-refractivity contribution in [3.05, 3.63) is 48.4 Å². The highest BCUT2D eigenvalue weighted by molar-refractivity contribution is 5.44. The zero-order chi connectivity index (χ0) is 15.2. The first-order chi connectivity index (χ1) is 10.8. The molecule has 3 heterocycles. The van der Waals surface area contributed by atoms with Gasteiger partial charge in [0.25, 0.3) is 0 Å². The summed E-state index contributed by atoms with van der Waals surface area (Å²) in [5.41, 5.74) is 1.35. The second kappa shape index (κ2) is 7.22. The number of hydrogen-bond acceptors (Lipinski definition) is 5. The van der Waals surface area contributed by atoms with Crippen molar-refractivity contribution in [3.63, 3.8) is 0 Å². The molecule has 2 aromatic rings. The van der Waals surface area contributed by atoms with Crippen molar-refractivity contribution >= 4 is 5.82 Å². The molecule has 1 aliphatic heterocycles. The Hall–Kier alpha value is -2.14. The van der Waals surface area contributed by atoms with E-state index >= 15 is 0 Å². The molecule has 0 bridgehead atoms. The second-order valence-corrected chi connectivity index (χ2v) is 5.49. The summed E-state index contributed by atoms with van der Waals surface area (Å²) in [7, 11) is 1.69. The molecule has 0 N–H and O–H groups in total. The first kappa shape index (κ1) is 14.8. The third kappa shape index (κ3) is 3.74. The molecule has 0 atom stereocenters. The first-order valence-electron chi connectivity index (χ1n) is 7.71. The lowest BCUT2D eigenvalue weighted by molar-refractivity contribution is 0.260. The molecule has 1 saturated heterocycles. The Morgan fingerprint density at radius 3 is 2.55 bits per heavy atom. The average Bonchev–Trinajstić information content (AvgIpc) is 2.61. The number of piperazine rings is 1. The molecule has 116 valence electrons. The van der Waals surface area contributed by atoms with E-state index in [4.69, 9.17) is 4.74 Å². The highest BCUT2D eigenvalue weighted by atomic mass is 16.5. The summed E-state index contributed by atoms with van der Waals surface area (Å²) in [4.78, 5) is 13.3. The van der Waals surface area contributed by atoms with Gasteiger partial charge < -0.3 is 9.64 Å². The number of aromatic nitrogens is 2. The van der Waals surface area contributed by atoms with E-state index in [-0.39, 0.29) is 0 Å². The molecular weight excluding hydrogens is 276 g/mol. The second-order valence-electron chi connectivity index (χ2n) is 5.49. The number of anilines is 1. The molecule has 3 rings (SSSR count). The molecule has 5 heteroatoms. The Labute approximate surface area is 131 Å². The van der Waals surface area contributed by atoms with Gasteiger partial charge in [-0.1, -0.05) is 0 Å². The van der Waals surface area contributed by atoms with Gasteiger partial charge in [0, 0.05) is 57.4 Å². The molecule has 1 fully saturated rings. The van der Waals surface area contributed by atoms with E-state index in [0.717, 1.165) is 50.7 Å². The van der Waals surface area contributed by atoms with E-state index in [1.54, 1.807) is 7.11 Å². The number of nitrogens with zero attached hydrogens (tertiary/aromatic N) is 4. The van der Waals surface area contributed by atoms with Gasteiger partial charge >= 0.3 is 0 Å². The van der Waals surface area contributed by atoms with Crippen molar-refractivity contribution in [1.82, 2.24) is 14.9 Å². The summed E-state index contributed by atoms with van der Waals surface area (Å²) in [5.74, 6) is 1.87. The third-order valence-corrected chi connectivity index (χ3v) is 4.12. The average molecular weight is 298 g/mol. The fraction of sp³-hybridized carbons (Fsp3) is 0.412. The van der Waals surface area contributed by atoms with Crippen LogP contribution in [0.5, 0.6) is 5.75 Å². The number of pyridine rings is 2. The Balaban J connectivity index is 1.49. The zero-order valence-electron chi connectivity index (χ0n) is 13.0. The van der Waals surface area contributed by atoms with E-state index in [1.807, 2.05) is 30.7 Å². The number of rotatable bonds is 5. The molecule has 0 aromatic carbocycles. The lowest BCUT2D eigenvalue weighted by Crippen LogP contribution is -2.47. The molecule has 0 saturated carbocycles. The van der Waals surface area contributed by atoms with Gasteiger partial charge in [-0.3, -0.25) is 9.88 Å². The largest absolute Gasteiger partial charge is 0.497 e. The van der Waals surface area contributed by atoms with Crippen LogP contribution in [0, 0.1) is 0 Å². The van der Waals surface area contributed by atoms with E-state index in [1.165, 1.54) is 5.56 Å². The Morgan fingerprint density at radius 2 is 1.82 bits per heavy atom. The summed E-state index contributed by atoms with van der Waals surface area (Å²) in [5, 5.41) is 0. The van der Waals surface area contributed by atoms with Crippen LogP contribution in [0.3, 0.4) is 0 Å². The number of ether oxygens (including phenoxy) is 1. The Kier molecular flexibility index (Phi) is 4.85. The fourth-order valence-corrected chi connectivity index (χ4v) is 2.74. The molecule has 0 radical (unpaired) electrons. The molecule has 0 unspecified atom stereocenters. The molecule has 22 heavy (non-hydrogen) atoms. The summed E-state index contributed by atoms with van der Waals surface area (Å²) in [6.45, 7) is 5.27. The van der Waals surface area contributed by atoms with Gasteiger partial charge in [0.15, 0.2) is 0 Å². The van der Waals surface area contributed by atoms with Crippen LogP contribution in [-0.4, -0.2) is 54.7 Å². The van der Waals surface area contributed by atoms with Crippen LogP contribution in [-0.2, 0) is 6.42 Å². The quantitative estimate of drug-likeness (QED) is 0.842. The maximum atomic E-state index is 5.27. The maximum Gasteiger partial charge on any atom is 0.132 e. The highest BCUT2D eigenvalue weighted by Crippen LogP contribution is 2.19. The van der Waals surface area contributed by atoms with E-state index in [0.29, 0.717) is 0 Å². The fourth-order valence-electron chi connectivity index (χ4n) is 2.74. The molecule has 1 aliphatic rings. The lowest BCUT2D eigenvalue weighted by Gasteiger charge is -2.35. The number of hydrogen-bond donors (Lipinski definition) is 0. The van der Waals surface area contributed by atoms with Crippen LogP contribution >= 0.6 is 0 Å². The van der Waals surface area contributed by atoms with E-state index in [9.17, 15) is 0 Å². The minimum atomic E-state index is 0.866. The summed E-state index contributed by atoms with van der Waals surface area (Å²) in [6.07, 6.45) is 6.62. The van der Waals surface area contributed by atoms with Gasteiger partial charge in [0.2, 0.25) is 0 Å². The van der Waals surface area contributed by atoms with E-state index < -0.39 is 0 Å². The van der Waals surface area contributed by atoms with Crippen molar-refractivity contribution in [3.8, 4) is 5.75 Å².